The molecule has 1 amide bonds. The lowest BCUT2D eigenvalue weighted by Gasteiger charge is -2.47. The van der Waals surface area contributed by atoms with E-state index >= 15 is 0 Å². The second kappa shape index (κ2) is 8.60. The number of amides is 1. The van der Waals surface area contributed by atoms with Crippen LogP contribution < -0.4 is 0 Å². The number of unbranched alkanes of at least 4 members (excludes halogenated alkanes) is 1. The van der Waals surface area contributed by atoms with Gasteiger partial charge in [0.15, 0.2) is 0 Å². The van der Waals surface area contributed by atoms with Crippen LogP contribution in [0.5, 0.6) is 0 Å². The minimum absolute atomic E-state index is 0.0479. The number of nitrogens with zero attached hydrogens (tertiary/aromatic N) is 1. The third-order valence-electron chi connectivity index (χ3n) is 6.39. The van der Waals surface area contributed by atoms with Gasteiger partial charge in [-0.25, -0.2) is 0 Å². The van der Waals surface area contributed by atoms with Gasteiger partial charge in [0.1, 0.15) is 0 Å². The van der Waals surface area contributed by atoms with Gasteiger partial charge in [-0.1, -0.05) is 19.8 Å². The Morgan fingerprint density at radius 3 is 2.35 bits per heavy atom. The van der Waals surface area contributed by atoms with Gasteiger partial charge < -0.3 is 14.4 Å². The van der Waals surface area contributed by atoms with E-state index in [0.717, 1.165) is 51.9 Å². The molecule has 4 heteroatoms. The van der Waals surface area contributed by atoms with Crippen LogP contribution in [0.25, 0.3) is 0 Å². The fourth-order valence-corrected chi connectivity index (χ4v) is 5.11. The zero-order valence-corrected chi connectivity index (χ0v) is 18.0. The summed E-state index contributed by atoms with van der Waals surface area (Å²) in [7, 11) is 0. The van der Waals surface area contributed by atoms with E-state index < -0.39 is 0 Å². The van der Waals surface area contributed by atoms with Crippen molar-refractivity contribution in [2.75, 3.05) is 19.8 Å². The largest absolute Gasteiger partial charge is 0.376 e. The molecule has 2 rings (SSSR count). The first-order valence-corrected chi connectivity index (χ1v) is 10.6. The maximum atomic E-state index is 12.4. The molecule has 0 aromatic heterocycles. The van der Waals surface area contributed by atoms with Gasteiger partial charge >= 0.3 is 0 Å². The van der Waals surface area contributed by atoms with E-state index in [2.05, 4.69) is 39.5 Å². The average molecular weight is 368 g/mol. The van der Waals surface area contributed by atoms with Gasteiger partial charge in [0.05, 0.1) is 11.2 Å². The van der Waals surface area contributed by atoms with Gasteiger partial charge in [-0.05, 0) is 71.6 Å². The number of carbonyl (C=O) groups excluding carboxylic acids is 1. The lowest BCUT2D eigenvalue weighted by atomic mass is 9.68. The molecule has 2 aliphatic heterocycles. The summed E-state index contributed by atoms with van der Waals surface area (Å²) in [5.74, 6) is 0.213. The lowest BCUT2D eigenvalue weighted by molar-refractivity contribution is -0.140. The van der Waals surface area contributed by atoms with E-state index in [1.807, 2.05) is 0 Å². The molecule has 0 aliphatic carbocycles. The summed E-state index contributed by atoms with van der Waals surface area (Å²) in [4.78, 5) is 14.6. The first-order valence-electron chi connectivity index (χ1n) is 10.6. The molecule has 2 fully saturated rings. The predicted octanol–water partition coefficient (Wildman–Crippen LogP) is 4.95. The second-order valence-electron chi connectivity index (χ2n) is 9.86. The Kier molecular flexibility index (Phi) is 7.17. The van der Waals surface area contributed by atoms with Crippen molar-refractivity contribution in [1.29, 1.82) is 0 Å². The summed E-state index contributed by atoms with van der Waals surface area (Å²) in [5.41, 5.74) is 0.136. The van der Waals surface area contributed by atoms with Gasteiger partial charge in [-0.15, -0.1) is 0 Å². The summed E-state index contributed by atoms with van der Waals surface area (Å²) in [5, 5.41) is 0. The van der Waals surface area contributed by atoms with Crippen LogP contribution in [0.15, 0.2) is 0 Å². The minimum atomic E-state index is -0.128. The van der Waals surface area contributed by atoms with Gasteiger partial charge in [0.25, 0.3) is 0 Å². The number of rotatable bonds is 7. The van der Waals surface area contributed by atoms with Gasteiger partial charge in [-0.2, -0.15) is 0 Å². The molecule has 0 radical (unpaired) electrons. The molecule has 2 saturated heterocycles. The van der Waals surface area contributed by atoms with Crippen LogP contribution in [-0.4, -0.2) is 47.8 Å². The highest BCUT2D eigenvalue weighted by molar-refractivity contribution is 5.73. The molecule has 0 spiro atoms. The molecule has 0 unspecified atom stereocenters. The first kappa shape index (κ1) is 21.7. The van der Waals surface area contributed by atoms with Crippen LogP contribution in [0.4, 0.5) is 0 Å². The molecule has 2 aliphatic rings. The third-order valence-corrected chi connectivity index (χ3v) is 6.39. The number of hydrogen-bond acceptors (Lipinski definition) is 3. The van der Waals surface area contributed by atoms with Crippen molar-refractivity contribution in [2.24, 2.45) is 5.41 Å². The molecule has 26 heavy (non-hydrogen) atoms. The second-order valence-corrected chi connectivity index (χ2v) is 9.86. The lowest BCUT2D eigenvalue weighted by Crippen LogP contribution is -2.50. The summed E-state index contributed by atoms with van der Waals surface area (Å²) in [6, 6.07) is 0.312. The van der Waals surface area contributed by atoms with Gasteiger partial charge in [-0.3, -0.25) is 4.79 Å². The molecule has 0 aromatic rings. The van der Waals surface area contributed by atoms with Crippen molar-refractivity contribution in [3.63, 3.8) is 0 Å². The standard InChI is InChI=1S/C22H41NO3/c1-7-8-10-22(12-15-26-21(5,6)17-22)11-13-23(18(2)24)19-9-14-25-20(3,4)16-19/h19H,7-17H2,1-6H3/t19-,22+/m1/s1. The highest BCUT2D eigenvalue weighted by atomic mass is 16.5. The SMILES string of the molecule is CCCC[C@]1(CCN(C(C)=O)[C@@H]2CCOC(C)(C)C2)CCOC(C)(C)C1. The summed E-state index contributed by atoms with van der Waals surface area (Å²) in [6.07, 6.45) is 8.96. The van der Waals surface area contributed by atoms with Crippen molar-refractivity contribution >= 4 is 5.91 Å². The maximum absolute atomic E-state index is 12.4. The Morgan fingerprint density at radius 2 is 1.77 bits per heavy atom. The number of carbonyl (C=O) groups is 1. The van der Waals surface area contributed by atoms with E-state index in [1.165, 1.54) is 19.3 Å². The zero-order chi connectivity index (χ0) is 19.4. The molecule has 0 aromatic carbocycles. The summed E-state index contributed by atoms with van der Waals surface area (Å²) in [6.45, 7) is 15.2. The molecule has 0 bridgehead atoms. The molecule has 152 valence electrons. The number of hydrogen-bond donors (Lipinski definition) is 0. The van der Waals surface area contributed by atoms with Crippen LogP contribution in [0.2, 0.25) is 0 Å². The predicted molar refractivity (Wildman–Crippen MR) is 106 cm³/mol. The molecule has 0 saturated carbocycles. The Hall–Kier alpha value is -0.610. The van der Waals surface area contributed by atoms with Crippen LogP contribution >= 0.6 is 0 Å². The fourth-order valence-electron chi connectivity index (χ4n) is 5.11. The topological polar surface area (TPSA) is 38.8 Å². The highest BCUT2D eigenvalue weighted by Crippen LogP contribution is 2.45. The Bertz CT molecular complexity index is 474. The van der Waals surface area contributed by atoms with Crippen molar-refractivity contribution < 1.29 is 14.3 Å². The minimum Gasteiger partial charge on any atom is -0.376 e. The Labute approximate surface area is 161 Å². The molecular formula is C22H41NO3. The Balaban J connectivity index is 2.07. The first-order chi connectivity index (χ1) is 12.1. The molecule has 2 heterocycles. The van der Waals surface area contributed by atoms with Crippen LogP contribution in [0.3, 0.4) is 0 Å². The quantitative estimate of drug-likeness (QED) is 0.639. The van der Waals surface area contributed by atoms with Crippen molar-refractivity contribution in [3.05, 3.63) is 0 Å². The van der Waals surface area contributed by atoms with Crippen molar-refractivity contribution in [3.8, 4) is 0 Å². The maximum Gasteiger partial charge on any atom is 0.219 e. The van der Waals surface area contributed by atoms with Crippen LogP contribution in [0.1, 0.15) is 92.9 Å². The van der Waals surface area contributed by atoms with Gasteiger partial charge in [0.2, 0.25) is 5.91 Å². The molecular weight excluding hydrogens is 326 g/mol. The van der Waals surface area contributed by atoms with Crippen LogP contribution in [-0.2, 0) is 14.3 Å². The molecule has 0 N–H and O–H groups in total. The molecule has 4 nitrogen and oxygen atoms in total. The van der Waals surface area contributed by atoms with Crippen molar-refractivity contribution in [1.82, 2.24) is 4.90 Å². The van der Waals surface area contributed by atoms with E-state index in [1.54, 1.807) is 6.92 Å². The van der Waals surface area contributed by atoms with Crippen molar-refractivity contribution in [2.45, 2.75) is 110 Å². The number of ether oxygens (including phenoxy) is 2. The van der Waals surface area contributed by atoms with Gasteiger partial charge in [0, 0.05) is 32.7 Å². The van der Waals surface area contributed by atoms with E-state index in [-0.39, 0.29) is 17.1 Å². The monoisotopic (exact) mass is 367 g/mol. The van der Waals surface area contributed by atoms with E-state index in [0.29, 0.717) is 11.5 Å². The fraction of sp³-hybridized carbons (Fsp3) is 0.955. The summed E-state index contributed by atoms with van der Waals surface area (Å²) >= 11 is 0. The Morgan fingerprint density at radius 1 is 1.08 bits per heavy atom. The zero-order valence-electron chi connectivity index (χ0n) is 18.0. The van der Waals surface area contributed by atoms with E-state index in [4.69, 9.17) is 9.47 Å². The summed E-state index contributed by atoms with van der Waals surface area (Å²) < 4.78 is 11.9. The van der Waals surface area contributed by atoms with E-state index in [9.17, 15) is 4.79 Å². The highest BCUT2D eigenvalue weighted by Gasteiger charge is 2.41. The molecule has 2 atom stereocenters. The normalized spacial score (nSPS) is 30.8. The third kappa shape index (κ3) is 5.95. The average Bonchev–Trinajstić information content (AvgIpc) is 2.51. The smallest absolute Gasteiger partial charge is 0.219 e. The van der Waals surface area contributed by atoms with Crippen LogP contribution in [0, 0.1) is 5.41 Å².